The predicted molar refractivity (Wildman–Crippen MR) is 79.4 cm³/mol. The van der Waals surface area contributed by atoms with E-state index in [0.717, 1.165) is 36.6 Å². The molecular weight excluding hydrogens is 224 g/mol. The van der Waals surface area contributed by atoms with Gasteiger partial charge in [0.05, 0.1) is 6.61 Å². The van der Waals surface area contributed by atoms with Gasteiger partial charge in [0.25, 0.3) is 0 Å². The normalized spacial score (nSPS) is 11.4. The minimum atomic E-state index is 0.107. The number of anilines is 2. The van der Waals surface area contributed by atoms with Crippen LogP contribution in [0.2, 0.25) is 0 Å². The van der Waals surface area contributed by atoms with Gasteiger partial charge >= 0.3 is 0 Å². The summed E-state index contributed by atoms with van der Waals surface area (Å²) in [4.78, 5) is 2.25. The Morgan fingerprint density at radius 3 is 2.44 bits per heavy atom. The molecule has 3 nitrogen and oxygen atoms in total. The van der Waals surface area contributed by atoms with E-state index in [-0.39, 0.29) is 5.54 Å². The van der Waals surface area contributed by atoms with E-state index in [4.69, 9.17) is 10.5 Å². The predicted octanol–water partition coefficient (Wildman–Crippen LogP) is 3.68. The molecule has 0 amide bonds. The third-order valence-corrected chi connectivity index (χ3v) is 3.55. The van der Waals surface area contributed by atoms with E-state index >= 15 is 0 Å². The van der Waals surface area contributed by atoms with Crippen molar-refractivity contribution in [3.8, 4) is 5.75 Å². The molecule has 0 unspecified atom stereocenters. The Morgan fingerprint density at radius 1 is 1.22 bits per heavy atom. The molecule has 0 saturated carbocycles. The molecule has 2 N–H and O–H groups in total. The van der Waals surface area contributed by atoms with E-state index in [1.165, 1.54) is 0 Å². The molecule has 0 spiro atoms. The zero-order valence-corrected chi connectivity index (χ0v) is 12.3. The van der Waals surface area contributed by atoms with Crippen molar-refractivity contribution in [2.24, 2.45) is 0 Å². The Bertz CT molecular complexity index is 388. The fraction of sp³-hybridized carbons (Fsp3) is 0.600. The Labute approximate surface area is 111 Å². The standard InChI is InChI=1S/C15H26N2O/c1-6-8-18-14-10-12(16)9-13(11-14)17(5)15(3,4)7-2/h9-11H,6-8,16H2,1-5H3. The summed E-state index contributed by atoms with van der Waals surface area (Å²) in [6, 6.07) is 5.94. The Balaban J connectivity index is 2.98. The number of nitrogen functional groups attached to an aromatic ring is 1. The summed E-state index contributed by atoms with van der Waals surface area (Å²) in [5, 5.41) is 0. The van der Waals surface area contributed by atoms with Gasteiger partial charge in [0.15, 0.2) is 0 Å². The monoisotopic (exact) mass is 250 g/mol. The van der Waals surface area contributed by atoms with Crippen LogP contribution >= 0.6 is 0 Å². The molecule has 0 aromatic heterocycles. The van der Waals surface area contributed by atoms with Crippen molar-refractivity contribution in [1.82, 2.24) is 0 Å². The number of nitrogens with zero attached hydrogens (tertiary/aromatic N) is 1. The maximum atomic E-state index is 5.95. The quantitative estimate of drug-likeness (QED) is 0.783. The lowest BCUT2D eigenvalue weighted by Gasteiger charge is -2.37. The van der Waals surface area contributed by atoms with Gasteiger partial charge in [-0.2, -0.15) is 0 Å². The molecule has 0 atom stereocenters. The van der Waals surface area contributed by atoms with E-state index < -0.39 is 0 Å². The van der Waals surface area contributed by atoms with E-state index in [9.17, 15) is 0 Å². The van der Waals surface area contributed by atoms with Crippen LogP contribution in [0.1, 0.15) is 40.5 Å². The summed E-state index contributed by atoms with van der Waals surface area (Å²) in [5.74, 6) is 0.852. The lowest BCUT2D eigenvalue weighted by molar-refractivity contribution is 0.317. The average Bonchev–Trinajstić information content (AvgIpc) is 2.34. The highest BCUT2D eigenvalue weighted by atomic mass is 16.5. The zero-order valence-electron chi connectivity index (χ0n) is 12.3. The number of rotatable bonds is 6. The van der Waals surface area contributed by atoms with Gasteiger partial charge in [-0.15, -0.1) is 0 Å². The van der Waals surface area contributed by atoms with E-state index in [1.807, 2.05) is 12.1 Å². The highest BCUT2D eigenvalue weighted by Gasteiger charge is 2.22. The number of hydrogen-bond donors (Lipinski definition) is 1. The maximum absolute atomic E-state index is 5.95. The lowest BCUT2D eigenvalue weighted by Crippen LogP contribution is -2.40. The van der Waals surface area contributed by atoms with Gasteiger partial charge in [-0.3, -0.25) is 0 Å². The van der Waals surface area contributed by atoms with Crippen molar-refractivity contribution in [3.05, 3.63) is 18.2 Å². The molecule has 0 fully saturated rings. The average molecular weight is 250 g/mol. The minimum absolute atomic E-state index is 0.107. The van der Waals surface area contributed by atoms with Crippen LogP contribution in [0.5, 0.6) is 5.75 Å². The first-order chi connectivity index (χ1) is 8.40. The van der Waals surface area contributed by atoms with E-state index in [0.29, 0.717) is 0 Å². The highest BCUT2D eigenvalue weighted by Crippen LogP contribution is 2.30. The number of benzene rings is 1. The molecule has 1 rings (SSSR count). The largest absolute Gasteiger partial charge is 0.493 e. The third kappa shape index (κ3) is 3.56. The van der Waals surface area contributed by atoms with Gasteiger partial charge in [0, 0.05) is 36.1 Å². The van der Waals surface area contributed by atoms with Gasteiger partial charge in [0.1, 0.15) is 5.75 Å². The maximum Gasteiger partial charge on any atom is 0.123 e. The molecule has 18 heavy (non-hydrogen) atoms. The fourth-order valence-electron chi connectivity index (χ4n) is 1.69. The molecule has 0 radical (unpaired) electrons. The van der Waals surface area contributed by atoms with Crippen LogP contribution in [-0.4, -0.2) is 19.2 Å². The second-order valence-electron chi connectivity index (χ2n) is 5.33. The second kappa shape index (κ2) is 5.98. The van der Waals surface area contributed by atoms with Crippen molar-refractivity contribution in [2.45, 2.75) is 46.1 Å². The number of ether oxygens (including phenoxy) is 1. The van der Waals surface area contributed by atoms with Crippen LogP contribution in [0.3, 0.4) is 0 Å². The van der Waals surface area contributed by atoms with Crippen LogP contribution in [0, 0.1) is 0 Å². The molecule has 102 valence electrons. The number of nitrogens with two attached hydrogens (primary N) is 1. The first kappa shape index (κ1) is 14.7. The van der Waals surface area contributed by atoms with Gasteiger partial charge in [0.2, 0.25) is 0 Å². The zero-order chi connectivity index (χ0) is 13.8. The summed E-state index contributed by atoms with van der Waals surface area (Å²) >= 11 is 0. The minimum Gasteiger partial charge on any atom is -0.493 e. The Morgan fingerprint density at radius 2 is 1.89 bits per heavy atom. The Hall–Kier alpha value is -1.38. The summed E-state index contributed by atoms with van der Waals surface area (Å²) in [6.07, 6.45) is 2.07. The van der Waals surface area contributed by atoms with E-state index in [2.05, 4.69) is 45.7 Å². The molecular formula is C15H26N2O. The summed E-state index contributed by atoms with van der Waals surface area (Å²) in [7, 11) is 2.10. The third-order valence-electron chi connectivity index (χ3n) is 3.55. The topological polar surface area (TPSA) is 38.5 Å². The van der Waals surface area contributed by atoms with Crippen molar-refractivity contribution < 1.29 is 4.74 Å². The van der Waals surface area contributed by atoms with Crippen molar-refractivity contribution in [2.75, 3.05) is 24.3 Å². The highest BCUT2D eigenvalue weighted by molar-refractivity contribution is 5.61. The second-order valence-corrected chi connectivity index (χ2v) is 5.33. The van der Waals surface area contributed by atoms with Crippen LogP contribution in [0.15, 0.2) is 18.2 Å². The summed E-state index contributed by atoms with van der Waals surface area (Å²) < 4.78 is 5.67. The van der Waals surface area contributed by atoms with Crippen LogP contribution in [0.25, 0.3) is 0 Å². The molecule has 1 aromatic carbocycles. The van der Waals surface area contributed by atoms with Crippen LogP contribution < -0.4 is 15.4 Å². The lowest BCUT2D eigenvalue weighted by atomic mass is 9.99. The summed E-state index contributed by atoms with van der Waals surface area (Å²) in [5.41, 5.74) is 7.91. The molecule has 0 aliphatic carbocycles. The van der Waals surface area contributed by atoms with Gasteiger partial charge < -0.3 is 15.4 Å². The molecule has 0 saturated heterocycles. The van der Waals surface area contributed by atoms with Crippen molar-refractivity contribution in [3.63, 3.8) is 0 Å². The summed E-state index contributed by atoms with van der Waals surface area (Å²) in [6.45, 7) is 9.46. The fourth-order valence-corrected chi connectivity index (χ4v) is 1.69. The molecule has 1 aromatic rings. The van der Waals surface area contributed by atoms with Crippen LogP contribution in [0.4, 0.5) is 11.4 Å². The Kier molecular flexibility index (Phi) is 4.88. The molecule has 3 heteroatoms. The first-order valence-corrected chi connectivity index (χ1v) is 6.68. The molecule has 0 aliphatic heterocycles. The van der Waals surface area contributed by atoms with Crippen molar-refractivity contribution >= 4 is 11.4 Å². The SMILES string of the molecule is CCCOc1cc(N)cc(N(C)C(C)(C)CC)c1. The van der Waals surface area contributed by atoms with Gasteiger partial charge in [-0.05, 0) is 32.8 Å². The molecule has 0 aliphatic rings. The van der Waals surface area contributed by atoms with Crippen molar-refractivity contribution in [1.29, 1.82) is 0 Å². The first-order valence-electron chi connectivity index (χ1n) is 6.68. The smallest absolute Gasteiger partial charge is 0.123 e. The molecule has 0 heterocycles. The van der Waals surface area contributed by atoms with Gasteiger partial charge in [-0.25, -0.2) is 0 Å². The van der Waals surface area contributed by atoms with Crippen LogP contribution in [-0.2, 0) is 0 Å². The molecule has 0 bridgehead atoms. The number of hydrogen-bond acceptors (Lipinski definition) is 3. The van der Waals surface area contributed by atoms with Gasteiger partial charge in [-0.1, -0.05) is 13.8 Å². The van der Waals surface area contributed by atoms with E-state index in [1.54, 1.807) is 0 Å².